The number of unbranched alkanes of at least 4 members (excludes halogenated alkanes) is 1. The van der Waals surface area contributed by atoms with E-state index in [-0.39, 0.29) is 16.9 Å². The van der Waals surface area contributed by atoms with Crippen LogP contribution in [-0.2, 0) is 14.9 Å². The highest BCUT2D eigenvalue weighted by molar-refractivity contribution is 5.91. The second-order valence-corrected chi connectivity index (χ2v) is 12.3. The van der Waals surface area contributed by atoms with Crippen LogP contribution in [0.1, 0.15) is 87.6 Å². The topological polar surface area (TPSA) is 72.8 Å². The Labute approximate surface area is 230 Å². The van der Waals surface area contributed by atoms with E-state index in [0.717, 1.165) is 58.2 Å². The number of benzene rings is 3. The van der Waals surface area contributed by atoms with E-state index >= 15 is 0 Å². The molecule has 3 aromatic carbocycles. The number of esters is 1. The van der Waals surface area contributed by atoms with E-state index in [1.54, 1.807) is 12.1 Å². The van der Waals surface area contributed by atoms with Gasteiger partial charge in [0.05, 0.1) is 5.56 Å². The van der Waals surface area contributed by atoms with Crippen LogP contribution in [-0.4, -0.2) is 23.3 Å². The van der Waals surface area contributed by atoms with E-state index in [0.29, 0.717) is 6.42 Å². The van der Waals surface area contributed by atoms with Crippen LogP contribution in [0.4, 0.5) is 0 Å². The predicted molar refractivity (Wildman–Crippen MR) is 152 cm³/mol. The van der Waals surface area contributed by atoms with Crippen molar-refractivity contribution in [1.82, 2.24) is 0 Å². The standard InChI is InChI=1S/C34H38O5/c1-3-4-5-32(38-21(2)35)39-31-17-28-11-10-27(25-6-8-26(9-7-25)33(36)37)15-29(28)16-30(31)34-18-22-12-23(19-34)14-24(13-22)20-34/h6-11,15-17,22-24,32H,3-5,12-14,18-20H2,1-2H3,(H,36,37). The minimum Gasteiger partial charge on any atom is -0.478 e. The van der Waals surface area contributed by atoms with Gasteiger partial charge in [0.15, 0.2) is 0 Å². The molecule has 3 aromatic rings. The van der Waals surface area contributed by atoms with Gasteiger partial charge >= 0.3 is 11.9 Å². The quantitative estimate of drug-likeness (QED) is 0.225. The van der Waals surface area contributed by atoms with Gasteiger partial charge in [-0.3, -0.25) is 4.79 Å². The number of carbonyl (C=O) groups is 2. The Morgan fingerprint density at radius 3 is 2.13 bits per heavy atom. The average Bonchev–Trinajstić information content (AvgIpc) is 2.90. The molecular weight excluding hydrogens is 488 g/mol. The molecule has 0 aromatic heterocycles. The molecule has 4 fully saturated rings. The van der Waals surface area contributed by atoms with Crippen molar-refractivity contribution in [2.24, 2.45) is 17.8 Å². The number of aromatic carboxylic acids is 1. The zero-order valence-electron chi connectivity index (χ0n) is 22.9. The van der Waals surface area contributed by atoms with Crippen molar-refractivity contribution in [3.05, 3.63) is 65.7 Å². The molecule has 5 heteroatoms. The molecule has 1 unspecified atom stereocenters. The summed E-state index contributed by atoms with van der Waals surface area (Å²) in [7, 11) is 0. The lowest BCUT2D eigenvalue weighted by molar-refractivity contribution is -0.162. The molecule has 4 bridgehead atoms. The number of ether oxygens (including phenoxy) is 2. The summed E-state index contributed by atoms with van der Waals surface area (Å²) in [6.45, 7) is 3.59. The number of rotatable bonds is 9. The summed E-state index contributed by atoms with van der Waals surface area (Å²) in [5.74, 6) is 2.02. The summed E-state index contributed by atoms with van der Waals surface area (Å²) in [4.78, 5) is 23.2. The zero-order chi connectivity index (χ0) is 27.1. The summed E-state index contributed by atoms with van der Waals surface area (Å²) in [5, 5.41) is 11.5. The number of carboxylic acid groups (broad SMARTS) is 1. The van der Waals surface area contributed by atoms with E-state index in [2.05, 4.69) is 37.3 Å². The maximum absolute atomic E-state index is 11.9. The Hall–Kier alpha value is -3.34. The molecule has 204 valence electrons. The zero-order valence-corrected chi connectivity index (χ0v) is 22.9. The number of hydrogen-bond donors (Lipinski definition) is 1. The van der Waals surface area contributed by atoms with Gasteiger partial charge in [-0.2, -0.15) is 0 Å². The Bertz CT molecular complexity index is 1350. The largest absolute Gasteiger partial charge is 0.478 e. The van der Waals surface area contributed by atoms with Crippen LogP contribution in [0, 0.1) is 17.8 Å². The molecule has 4 aliphatic carbocycles. The van der Waals surface area contributed by atoms with Crippen molar-refractivity contribution in [1.29, 1.82) is 0 Å². The molecule has 4 saturated carbocycles. The van der Waals surface area contributed by atoms with Gasteiger partial charge in [-0.1, -0.05) is 37.6 Å². The van der Waals surface area contributed by atoms with Crippen molar-refractivity contribution in [3.8, 4) is 16.9 Å². The van der Waals surface area contributed by atoms with Crippen LogP contribution < -0.4 is 4.74 Å². The number of fused-ring (bicyclic) bond motifs is 1. The molecule has 0 radical (unpaired) electrons. The molecule has 5 nitrogen and oxygen atoms in total. The van der Waals surface area contributed by atoms with Gasteiger partial charge in [0.2, 0.25) is 6.29 Å². The fourth-order valence-corrected chi connectivity index (χ4v) is 8.05. The maximum atomic E-state index is 11.9. The van der Waals surface area contributed by atoms with Crippen LogP contribution >= 0.6 is 0 Å². The van der Waals surface area contributed by atoms with Crippen LogP contribution in [0.5, 0.6) is 5.75 Å². The third-order valence-corrected chi connectivity index (χ3v) is 9.36. The van der Waals surface area contributed by atoms with Crippen LogP contribution in [0.3, 0.4) is 0 Å². The van der Waals surface area contributed by atoms with Gasteiger partial charge in [-0.15, -0.1) is 0 Å². The fourth-order valence-electron chi connectivity index (χ4n) is 8.05. The van der Waals surface area contributed by atoms with Gasteiger partial charge in [-0.05, 0) is 120 Å². The van der Waals surface area contributed by atoms with Gasteiger partial charge < -0.3 is 14.6 Å². The Kier molecular flexibility index (Phi) is 6.86. The Morgan fingerprint density at radius 1 is 0.897 bits per heavy atom. The summed E-state index contributed by atoms with van der Waals surface area (Å²) in [5.41, 5.74) is 3.73. The van der Waals surface area contributed by atoms with E-state index in [4.69, 9.17) is 9.47 Å². The Balaban J connectivity index is 1.43. The molecule has 39 heavy (non-hydrogen) atoms. The summed E-state index contributed by atoms with van der Waals surface area (Å²) in [6, 6.07) is 18.0. The first-order valence-electron chi connectivity index (χ1n) is 14.6. The molecule has 1 N–H and O–H groups in total. The molecule has 0 heterocycles. The van der Waals surface area contributed by atoms with Gasteiger partial charge in [0, 0.05) is 18.9 Å². The normalized spacial score (nSPS) is 25.9. The number of carbonyl (C=O) groups excluding carboxylic acids is 1. The number of carboxylic acids is 1. The third kappa shape index (κ3) is 5.16. The molecule has 7 rings (SSSR count). The molecule has 0 aliphatic heterocycles. The predicted octanol–water partition coefficient (Wildman–Crippen LogP) is 8.13. The monoisotopic (exact) mass is 526 g/mol. The smallest absolute Gasteiger partial charge is 0.335 e. The lowest BCUT2D eigenvalue weighted by atomic mass is 9.48. The van der Waals surface area contributed by atoms with Gasteiger partial charge in [0.25, 0.3) is 0 Å². The second kappa shape index (κ2) is 10.3. The van der Waals surface area contributed by atoms with Crippen LogP contribution in [0.2, 0.25) is 0 Å². The van der Waals surface area contributed by atoms with Crippen molar-refractivity contribution < 1.29 is 24.2 Å². The third-order valence-electron chi connectivity index (χ3n) is 9.36. The van der Waals surface area contributed by atoms with E-state index < -0.39 is 12.3 Å². The van der Waals surface area contributed by atoms with E-state index in [1.165, 1.54) is 51.0 Å². The van der Waals surface area contributed by atoms with Crippen molar-refractivity contribution in [3.63, 3.8) is 0 Å². The van der Waals surface area contributed by atoms with Gasteiger partial charge in [-0.25, -0.2) is 4.79 Å². The lowest BCUT2D eigenvalue weighted by Gasteiger charge is -2.57. The number of hydrogen-bond acceptors (Lipinski definition) is 4. The fraction of sp³-hybridized carbons (Fsp3) is 0.471. The van der Waals surface area contributed by atoms with Crippen molar-refractivity contribution in [2.75, 3.05) is 0 Å². The first kappa shape index (κ1) is 25.9. The molecule has 0 amide bonds. The molecule has 4 aliphatic rings. The minimum atomic E-state index is -0.918. The average molecular weight is 527 g/mol. The maximum Gasteiger partial charge on any atom is 0.335 e. The molecular formula is C34H38O5. The van der Waals surface area contributed by atoms with Crippen molar-refractivity contribution in [2.45, 2.75) is 83.3 Å². The SMILES string of the molecule is CCCCC(OC(C)=O)Oc1cc2ccc(-c3ccc(C(=O)O)cc3)cc2cc1C12CC3CC(CC(C3)C1)C2. The van der Waals surface area contributed by atoms with E-state index in [1.807, 2.05) is 12.1 Å². The highest BCUT2D eigenvalue weighted by Crippen LogP contribution is 2.62. The molecule has 0 spiro atoms. The summed E-state index contributed by atoms with van der Waals surface area (Å²) >= 11 is 0. The summed E-state index contributed by atoms with van der Waals surface area (Å²) < 4.78 is 12.3. The first-order valence-corrected chi connectivity index (χ1v) is 14.6. The summed E-state index contributed by atoms with van der Waals surface area (Å²) in [6.07, 6.45) is 9.78. The first-order chi connectivity index (χ1) is 18.8. The van der Waals surface area contributed by atoms with Crippen LogP contribution in [0.25, 0.3) is 21.9 Å². The van der Waals surface area contributed by atoms with Crippen LogP contribution in [0.15, 0.2) is 54.6 Å². The molecule has 0 saturated heterocycles. The highest BCUT2D eigenvalue weighted by atomic mass is 16.7. The Morgan fingerprint density at radius 2 is 1.54 bits per heavy atom. The second-order valence-electron chi connectivity index (χ2n) is 12.3. The van der Waals surface area contributed by atoms with Gasteiger partial charge in [0.1, 0.15) is 5.75 Å². The lowest BCUT2D eigenvalue weighted by Crippen LogP contribution is -2.48. The minimum absolute atomic E-state index is 0.114. The highest BCUT2D eigenvalue weighted by Gasteiger charge is 2.52. The van der Waals surface area contributed by atoms with Crippen molar-refractivity contribution >= 4 is 22.7 Å². The van der Waals surface area contributed by atoms with E-state index in [9.17, 15) is 14.7 Å². The molecule has 1 atom stereocenters.